The van der Waals surface area contributed by atoms with Crippen molar-refractivity contribution in [3.63, 3.8) is 0 Å². The molecule has 1 fully saturated rings. The summed E-state index contributed by atoms with van der Waals surface area (Å²) >= 11 is 1.04. The number of thioether (sulfide) groups is 1. The van der Waals surface area contributed by atoms with Crippen molar-refractivity contribution in [3.8, 4) is 0 Å². The van der Waals surface area contributed by atoms with Gasteiger partial charge in [0.25, 0.3) is 0 Å². The van der Waals surface area contributed by atoms with Crippen LogP contribution in [0, 0.1) is 11.6 Å². The molecule has 1 saturated carbocycles. The number of hydrogen-bond acceptors (Lipinski definition) is 2. The Morgan fingerprint density at radius 1 is 1.47 bits per heavy atom. The molecule has 1 aromatic rings. The van der Waals surface area contributed by atoms with Crippen LogP contribution in [-0.4, -0.2) is 17.2 Å². The lowest BCUT2D eigenvalue weighted by atomic mass is 10.3. The van der Waals surface area contributed by atoms with E-state index in [0.717, 1.165) is 42.8 Å². The van der Waals surface area contributed by atoms with E-state index in [1.807, 2.05) is 0 Å². The summed E-state index contributed by atoms with van der Waals surface area (Å²) in [4.78, 5) is 11.8. The molecule has 1 aromatic carbocycles. The predicted octanol–water partition coefficient (Wildman–Crippen LogP) is 2.72. The Kier molecular flexibility index (Phi) is 3.66. The lowest BCUT2D eigenvalue weighted by Crippen LogP contribution is -2.32. The van der Waals surface area contributed by atoms with E-state index in [-0.39, 0.29) is 16.8 Å². The number of rotatable bonds is 4. The standard InChI is InChI=1S/C12H13F2NOS/c1-7(12(16)15-9-3-4-9)17-11-6-8(13)2-5-10(11)14/h2,5-7,9H,3-4H2,1H3,(H,15,16). The summed E-state index contributed by atoms with van der Waals surface area (Å²) in [5, 5.41) is 2.41. The smallest absolute Gasteiger partial charge is 0.233 e. The maximum Gasteiger partial charge on any atom is 0.233 e. The Hall–Kier alpha value is -1.10. The van der Waals surface area contributed by atoms with Gasteiger partial charge in [-0.15, -0.1) is 11.8 Å². The van der Waals surface area contributed by atoms with Crippen molar-refractivity contribution in [3.05, 3.63) is 29.8 Å². The molecule has 1 amide bonds. The summed E-state index contributed by atoms with van der Waals surface area (Å²) in [6.45, 7) is 1.69. The van der Waals surface area contributed by atoms with Gasteiger partial charge in [0.05, 0.1) is 5.25 Å². The van der Waals surface area contributed by atoms with Crippen LogP contribution < -0.4 is 5.32 Å². The quantitative estimate of drug-likeness (QED) is 0.840. The molecule has 0 spiro atoms. The van der Waals surface area contributed by atoms with E-state index in [9.17, 15) is 13.6 Å². The van der Waals surface area contributed by atoms with Crippen LogP contribution in [0.2, 0.25) is 0 Å². The highest BCUT2D eigenvalue weighted by atomic mass is 32.2. The summed E-state index contributed by atoms with van der Waals surface area (Å²) in [5.74, 6) is -1.12. The van der Waals surface area contributed by atoms with Crippen molar-refractivity contribution in [1.29, 1.82) is 0 Å². The molecule has 92 valence electrons. The number of benzene rings is 1. The first kappa shape index (κ1) is 12.4. The number of carbonyl (C=O) groups excluding carboxylic acids is 1. The van der Waals surface area contributed by atoms with Gasteiger partial charge in [0, 0.05) is 10.9 Å². The van der Waals surface area contributed by atoms with Gasteiger partial charge in [-0.3, -0.25) is 4.79 Å². The molecule has 5 heteroatoms. The number of nitrogens with one attached hydrogen (secondary N) is 1. The van der Waals surface area contributed by atoms with E-state index in [1.165, 1.54) is 0 Å². The van der Waals surface area contributed by atoms with Crippen LogP contribution in [0.5, 0.6) is 0 Å². The largest absolute Gasteiger partial charge is 0.352 e. The third-order valence-electron chi connectivity index (χ3n) is 2.49. The van der Waals surface area contributed by atoms with Crippen molar-refractivity contribution in [2.24, 2.45) is 0 Å². The second-order valence-corrected chi connectivity index (χ2v) is 5.50. The van der Waals surface area contributed by atoms with Crippen LogP contribution in [0.3, 0.4) is 0 Å². The number of halogens is 2. The third kappa shape index (κ3) is 3.43. The summed E-state index contributed by atoms with van der Waals surface area (Å²) in [6.07, 6.45) is 2.02. The molecule has 1 unspecified atom stereocenters. The van der Waals surface area contributed by atoms with Crippen LogP contribution in [-0.2, 0) is 4.79 Å². The minimum Gasteiger partial charge on any atom is -0.352 e. The molecule has 1 N–H and O–H groups in total. The van der Waals surface area contributed by atoms with Gasteiger partial charge in [0.1, 0.15) is 11.6 Å². The van der Waals surface area contributed by atoms with Crippen LogP contribution in [0.1, 0.15) is 19.8 Å². The van der Waals surface area contributed by atoms with Crippen molar-refractivity contribution in [1.82, 2.24) is 5.32 Å². The van der Waals surface area contributed by atoms with Gasteiger partial charge in [0.2, 0.25) is 5.91 Å². The van der Waals surface area contributed by atoms with E-state index in [2.05, 4.69) is 5.32 Å². The molecule has 2 nitrogen and oxygen atoms in total. The molecule has 0 heterocycles. The van der Waals surface area contributed by atoms with Crippen LogP contribution >= 0.6 is 11.8 Å². The van der Waals surface area contributed by atoms with Crippen molar-refractivity contribution >= 4 is 17.7 Å². The van der Waals surface area contributed by atoms with Crippen molar-refractivity contribution in [2.75, 3.05) is 0 Å². The molecule has 0 aromatic heterocycles. The number of hydrogen-bond donors (Lipinski definition) is 1. The Balaban J connectivity index is 1.98. The molecule has 0 saturated heterocycles. The summed E-state index contributed by atoms with van der Waals surface area (Å²) in [6, 6.07) is 3.53. The van der Waals surface area contributed by atoms with E-state index in [4.69, 9.17) is 0 Å². The highest BCUT2D eigenvalue weighted by Crippen LogP contribution is 2.28. The van der Waals surface area contributed by atoms with E-state index >= 15 is 0 Å². The van der Waals surface area contributed by atoms with Gasteiger partial charge in [-0.05, 0) is 38.0 Å². The molecule has 0 bridgehead atoms. The van der Waals surface area contributed by atoms with Gasteiger partial charge in [0.15, 0.2) is 0 Å². The molecule has 1 aliphatic rings. The predicted molar refractivity (Wildman–Crippen MR) is 62.8 cm³/mol. The Labute approximate surface area is 103 Å². The zero-order chi connectivity index (χ0) is 12.4. The zero-order valence-electron chi connectivity index (χ0n) is 9.37. The summed E-state index contributed by atoms with van der Waals surface area (Å²) < 4.78 is 26.3. The minimum atomic E-state index is -0.498. The molecule has 0 radical (unpaired) electrons. The second-order valence-electron chi connectivity index (χ2n) is 4.12. The van der Waals surface area contributed by atoms with Gasteiger partial charge in [-0.1, -0.05) is 0 Å². The average molecular weight is 257 g/mol. The van der Waals surface area contributed by atoms with Gasteiger partial charge in [-0.25, -0.2) is 8.78 Å². The van der Waals surface area contributed by atoms with Gasteiger partial charge < -0.3 is 5.32 Å². The topological polar surface area (TPSA) is 29.1 Å². The second kappa shape index (κ2) is 5.04. The third-order valence-corrected chi connectivity index (χ3v) is 3.62. The lowest BCUT2D eigenvalue weighted by molar-refractivity contribution is -0.120. The van der Waals surface area contributed by atoms with E-state index in [1.54, 1.807) is 6.92 Å². The molecular weight excluding hydrogens is 244 g/mol. The Bertz CT molecular complexity index is 435. The normalized spacial score (nSPS) is 16.6. The highest BCUT2D eigenvalue weighted by Gasteiger charge is 2.26. The fourth-order valence-electron chi connectivity index (χ4n) is 1.36. The maximum absolute atomic E-state index is 13.3. The van der Waals surface area contributed by atoms with Crippen LogP contribution in [0.25, 0.3) is 0 Å². The summed E-state index contributed by atoms with van der Waals surface area (Å²) in [5.41, 5.74) is 0. The molecule has 1 atom stereocenters. The van der Waals surface area contributed by atoms with Crippen LogP contribution in [0.15, 0.2) is 23.1 Å². The van der Waals surface area contributed by atoms with Gasteiger partial charge >= 0.3 is 0 Å². The highest BCUT2D eigenvalue weighted by molar-refractivity contribution is 8.00. The van der Waals surface area contributed by atoms with Crippen LogP contribution in [0.4, 0.5) is 8.78 Å². The first-order valence-electron chi connectivity index (χ1n) is 5.48. The molecule has 1 aliphatic carbocycles. The first-order chi connectivity index (χ1) is 8.06. The summed E-state index contributed by atoms with van der Waals surface area (Å²) in [7, 11) is 0. The zero-order valence-corrected chi connectivity index (χ0v) is 10.2. The fraction of sp³-hybridized carbons (Fsp3) is 0.417. The lowest BCUT2D eigenvalue weighted by Gasteiger charge is -2.11. The van der Waals surface area contributed by atoms with E-state index < -0.39 is 16.9 Å². The monoisotopic (exact) mass is 257 g/mol. The van der Waals surface area contributed by atoms with E-state index in [0.29, 0.717) is 0 Å². The minimum absolute atomic E-state index is 0.124. The van der Waals surface area contributed by atoms with Gasteiger partial charge in [-0.2, -0.15) is 0 Å². The molecular formula is C12H13F2NOS. The first-order valence-corrected chi connectivity index (χ1v) is 6.36. The SMILES string of the molecule is CC(Sc1cc(F)ccc1F)C(=O)NC1CC1. The average Bonchev–Trinajstić information content (AvgIpc) is 3.07. The Morgan fingerprint density at radius 3 is 2.82 bits per heavy atom. The molecule has 0 aliphatic heterocycles. The number of amides is 1. The molecule has 17 heavy (non-hydrogen) atoms. The maximum atomic E-state index is 13.3. The van der Waals surface area contributed by atoms with Crippen molar-refractivity contribution in [2.45, 2.75) is 36.0 Å². The molecule has 2 rings (SSSR count). The number of carbonyl (C=O) groups is 1. The fourth-order valence-corrected chi connectivity index (χ4v) is 2.27. The Morgan fingerprint density at radius 2 is 2.18 bits per heavy atom. The van der Waals surface area contributed by atoms with Crippen molar-refractivity contribution < 1.29 is 13.6 Å².